The van der Waals surface area contributed by atoms with Gasteiger partial charge in [0.15, 0.2) is 0 Å². The van der Waals surface area contributed by atoms with Crippen molar-refractivity contribution < 1.29 is 0 Å². The molecule has 3 atom stereocenters. The zero-order chi connectivity index (χ0) is 9.84. The molecule has 0 radical (unpaired) electrons. The van der Waals surface area contributed by atoms with E-state index in [1.165, 1.54) is 19.3 Å². The van der Waals surface area contributed by atoms with Gasteiger partial charge in [-0.25, -0.2) is 0 Å². The minimum absolute atomic E-state index is 0.370. The molecule has 1 fully saturated rings. The van der Waals surface area contributed by atoms with Crippen molar-refractivity contribution in [2.75, 3.05) is 6.54 Å². The molecule has 0 bridgehead atoms. The van der Waals surface area contributed by atoms with Crippen LogP contribution in [0.1, 0.15) is 46.5 Å². The number of nitrogens with two attached hydrogens (primary N) is 1. The molecule has 0 aromatic rings. The van der Waals surface area contributed by atoms with Crippen molar-refractivity contribution in [2.45, 2.75) is 64.6 Å². The Hall–Kier alpha value is -0.0800. The molecule has 2 N–H and O–H groups in total. The highest BCUT2D eigenvalue weighted by atomic mass is 15.2. The number of hydrogen-bond acceptors (Lipinski definition) is 2. The second-order valence-corrected chi connectivity index (χ2v) is 4.35. The summed E-state index contributed by atoms with van der Waals surface area (Å²) in [5.41, 5.74) is 5.99. The van der Waals surface area contributed by atoms with Crippen LogP contribution in [-0.4, -0.2) is 29.6 Å². The van der Waals surface area contributed by atoms with E-state index in [-0.39, 0.29) is 0 Å². The minimum Gasteiger partial charge on any atom is -0.327 e. The second kappa shape index (κ2) is 4.97. The normalized spacial score (nSPS) is 32.3. The maximum atomic E-state index is 5.99. The lowest BCUT2D eigenvalue weighted by Gasteiger charge is -2.29. The van der Waals surface area contributed by atoms with Gasteiger partial charge in [0.05, 0.1) is 0 Å². The van der Waals surface area contributed by atoms with Crippen LogP contribution in [0, 0.1) is 0 Å². The molecule has 1 saturated heterocycles. The standard InChI is InChI=1S/C11H24N2/c1-4-10(12)8-13-9(3)6-7-11(13)5-2/h9-11H,4-8,12H2,1-3H3. The van der Waals surface area contributed by atoms with Gasteiger partial charge in [-0.05, 0) is 32.6 Å². The summed E-state index contributed by atoms with van der Waals surface area (Å²) in [6, 6.07) is 1.92. The summed E-state index contributed by atoms with van der Waals surface area (Å²) in [6.07, 6.45) is 5.10. The molecule has 3 unspecified atom stereocenters. The van der Waals surface area contributed by atoms with E-state index in [2.05, 4.69) is 25.7 Å². The van der Waals surface area contributed by atoms with Gasteiger partial charge in [-0.2, -0.15) is 0 Å². The van der Waals surface area contributed by atoms with Crippen molar-refractivity contribution in [3.63, 3.8) is 0 Å². The SMILES string of the molecule is CCC(N)CN1C(C)CCC1CC. The van der Waals surface area contributed by atoms with E-state index in [0.717, 1.165) is 25.0 Å². The Morgan fingerprint density at radius 3 is 2.62 bits per heavy atom. The van der Waals surface area contributed by atoms with E-state index in [9.17, 15) is 0 Å². The monoisotopic (exact) mass is 184 g/mol. The van der Waals surface area contributed by atoms with E-state index in [1.54, 1.807) is 0 Å². The molecule has 2 heteroatoms. The van der Waals surface area contributed by atoms with Gasteiger partial charge < -0.3 is 5.73 Å². The fraction of sp³-hybridized carbons (Fsp3) is 1.00. The summed E-state index contributed by atoms with van der Waals surface area (Å²) in [7, 11) is 0. The Morgan fingerprint density at radius 2 is 2.08 bits per heavy atom. The van der Waals surface area contributed by atoms with E-state index in [4.69, 9.17) is 5.73 Å². The molecule has 0 aliphatic carbocycles. The topological polar surface area (TPSA) is 29.3 Å². The highest BCUT2D eigenvalue weighted by Crippen LogP contribution is 2.25. The largest absolute Gasteiger partial charge is 0.327 e. The second-order valence-electron chi connectivity index (χ2n) is 4.35. The highest BCUT2D eigenvalue weighted by Gasteiger charge is 2.29. The molecule has 1 aliphatic heterocycles. The fourth-order valence-electron chi connectivity index (χ4n) is 2.29. The summed E-state index contributed by atoms with van der Waals surface area (Å²) < 4.78 is 0. The molecule has 1 rings (SSSR count). The van der Waals surface area contributed by atoms with Gasteiger partial charge in [0, 0.05) is 24.7 Å². The first kappa shape index (κ1) is 11.0. The van der Waals surface area contributed by atoms with Gasteiger partial charge in [0.2, 0.25) is 0 Å². The van der Waals surface area contributed by atoms with Crippen molar-refractivity contribution in [1.82, 2.24) is 4.90 Å². The van der Waals surface area contributed by atoms with Gasteiger partial charge in [0.1, 0.15) is 0 Å². The lowest BCUT2D eigenvalue weighted by Crippen LogP contribution is -2.42. The van der Waals surface area contributed by atoms with Crippen molar-refractivity contribution in [2.24, 2.45) is 5.73 Å². The van der Waals surface area contributed by atoms with E-state index in [1.807, 2.05) is 0 Å². The smallest absolute Gasteiger partial charge is 0.0165 e. The van der Waals surface area contributed by atoms with Crippen molar-refractivity contribution >= 4 is 0 Å². The summed E-state index contributed by atoms with van der Waals surface area (Å²) in [4.78, 5) is 2.61. The molecule has 0 aromatic heterocycles. The lowest BCUT2D eigenvalue weighted by molar-refractivity contribution is 0.185. The fourth-order valence-corrected chi connectivity index (χ4v) is 2.29. The summed E-state index contributed by atoms with van der Waals surface area (Å²) in [6.45, 7) is 7.88. The summed E-state index contributed by atoms with van der Waals surface area (Å²) in [5, 5.41) is 0. The van der Waals surface area contributed by atoms with E-state index < -0.39 is 0 Å². The van der Waals surface area contributed by atoms with Crippen molar-refractivity contribution in [3.05, 3.63) is 0 Å². The van der Waals surface area contributed by atoms with E-state index >= 15 is 0 Å². The Labute approximate surface area is 82.5 Å². The molecule has 13 heavy (non-hydrogen) atoms. The molecule has 2 nitrogen and oxygen atoms in total. The molecular weight excluding hydrogens is 160 g/mol. The van der Waals surface area contributed by atoms with Crippen LogP contribution in [0.5, 0.6) is 0 Å². The highest BCUT2D eigenvalue weighted by molar-refractivity contribution is 4.86. The maximum Gasteiger partial charge on any atom is 0.0165 e. The number of nitrogens with zero attached hydrogens (tertiary/aromatic N) is 1. The molecule has 0 saturated carbocycles. The van der Waals surface area contributed by atoms with Crippen LogP contribution in [0.25, 0.3) is 0 Å². The molecule has 0 aromatic carbocycles. The molecule has 0 amide bonds. The van der Waals surface area contributed by atoms with Crippen LogP contribution in [0.4, 0.5) is 0 Å². The Bertz CT molecular complexity index is 147. The van der Waals surface area contributed by atoms with Gasteiger partial charge in [-0.1, -0.05) is 13.8 Å². The minimum atomic E-state index is 0.370. The van der Waals surface area contributed by atoms with Crippen molar-refractivity contribution in [3.8, 4) is 0 Å². The van der Waals surface area contributed by atoms with Gasteiger partial charge in [-0.15, -0.1) is 0 Å². The quantitative estimate of drug-likeness (QED) is 0.724. The molecule has 0 spiro atoms. The average molecular weight is 184 g/mol. The first-order valence-electron chi connectivity index (χ1n) is 5.70. The van der Waals surface area contributed by atoms with Crippen LogP contribution in [0.15, 0.2) is 0 Å². The van der Waals surface area contributed by atoms with Crippen LogP contribution in [0.2, 0.25) is 0 Å². The predicted octanol–water partition coefficient (Wildman–Crippen LogP) is 1.99. The maximum absolute atomic E-state index is 5.99. The number of hydrogen-bond donors (Lipinski definition) is 1. The van der Waals surface area contributed by atoms with Gasteiger partial charge >= 0.3 is 0 Å². The molecular formula is C11H24N2. The molecule has 1 heterocycles. The Kier molecular flexibility index (Phi) is 4.20. The lowest BCUT2D eigenvalue weighted by atomic mass is 10.1. The van der Waals surface area contributed by atoms with E-state index in [0.29, 0.717) is 6.04 Å². The number of rotatable bonds is 4. The number of likely N-dealkylation sites (tertiary alicyclic amines) is 1. The zero-order valence-corrected chi connectivity index (χ0v) is 9.29. The van der Waals surface area contributed by atoms with Gasteiger partial charge in [0.25, 0.3) is 0 Å². The van der Waals surface area contributed by atoms with Crippen LogP contribution in [0.3, 0.4) is 0 Å². The van der Waals surface area contributed by atoms with Crippen LogP contribution in [-0.2, 0) is 0 Å². The predicted molar refractivity (Wildman–Crippen MR) is 57.7 cm³/mol. The third-order valence-corrected chi connectivity index (χ3v) is 3.39. The van der Waals surface area contributed by atoms with Crippen molar-refractivity contribution in [1.29, 1.82) is 0 Å². The summed E-state index contributed by atoms with van der Waals surface area (Å²) in [5.74, 6) is 0. The van der Waals surface area contributed by atoms with Gasteiger partial charge in [-0.3, -0.25) is 4.90 Å². The Balaban J connectivity index is 2.44. The average Bonchev–Trinajstić information content (AvgIpc) is 2.48. The summed E-state index contributed by atoms with van der Waals surface area (Å²) >= 11 is 0. The van der Waals surface area contributed by atoms with Crippen LogP contribution < -0.4 is 5.73 Å². The molecule has 78 valence electrons. The van der Waals surface area contributed by atoms with Crippen LogP contribution >= 0.6 is 0 Å². The zero-order valence-electron chi connectivity index (χ0n) is 9.29. The third kappa shape index (κ3) is 2.68. The Morgan fingerprint density at radius 1 is 1.38 bits per heavy atom. The molecule has 1 aliphatic rings. The third-order valence-electron chi connectivity index (χ3n) is 3.39. The first-order valence-corrected chi connectivity index (χ1v) is 5.70. The first-order chi connectivity index (χ1) is 6.19.